The lowest BCUT2D eigenvalue weighted by atomic mass is 9.99. The first-order chi connectivity index (χ1) is 8.22. The summed E-state index contributed by atoms with van der Waals surface area (Å²) in [6.07, 6.45) is 0.767. The van der Waals surface area contributed by atoms with Crippen molar-refractivity contribution in [3.8, 4) is 11.1 Å². The Bertz CT molecular complexity index is 573. The Balaban J connectivity index is 2.56. The van der Waals surface area contributed by atoms with Crippen molar-refractivity contribution in [3.63, 3.8) is 0 Å². The molecule has 0 fully saturated rings. The molecular formula is C14H10O3. The zero-order valence-corrected chi connectivity index (χ0v) is 8.96. The van der Waals surface area contributed by atoms with Crippen LogP contribution in [0.3, 0.4) is 0 Å². The standard InChI is InChI=1S/C14H10O3/c15-9-12-4-1-2-7-13(12)10-5-3-6-11(8-10)14(16)17/h1-9H,(H,16,17). The summed E-state index contributed by atoms with van der Waals surface area (Å²) in [6.45, 7) is 0. The fourth-order valence-corrected chi connectivity index (χ4v) is 1.68. The van der Waals surface area contributed by atoms with E-state index in [4.69, 9.17) is 5.11 Å². The third kappa shape index (κ3) is 2.23. The molecule has 0 radical (unpaired) electrons. The van der Waals surface area contributed by atoms with E-state index in [1.54, 1.807) is 36.4 Å². The molecule has 0 aromatic heterocycles. The second-order valence-corrected chi connectivity index (χ2v) is 3.59. The molecule has 0 saturated carbocycles. The monoisotopic (exact) mass is 226 g/mol. The van der Waals surface area contributed by atoms with Gasteiger partial charge in [-0.05, 0) is 23.3 Å². The van der Waals surface area contributed by atoms with Crippen LogP contribution in [0.25, 0.3) is 11.1 Å². The molecule has 0 atom stereocenters. The molecule has 2 rings (SSSR count). The van der Waals surface area contributed by atoms with Gasteiger partial charge in [0.05, 0.1) is 5.56 Å². The highest BCUT2D eigenvalue weighted by atomic mass is 16.4. The Labute approximate surface area is 98.3 Å². The van der Waals surface area contributed by atoms with Crippen molar-refractivity contribution in [2.45, 2.75) is 0 Å². The predicted molar refractivity (Wildman–Crippen MR) is 64.2 cm³/mol. The Hall–Kier alpha value is -2.42. The van der Waals surface area contributed by atoms with Gasteiger partial charge in [0.1, 0.15) is 0 Å². The summed E-state index contributed by atoms with van der Waals surface area (Å²) in [4.78, 5) is 21.8. The van der Waals surface area contributed by atoms with Gasteiger partial charge in [-0.3, -0.25) is 4.79 Å². The molecule has 0 saturated heterocycles. The van der Waals surface area contributed by atoms with Crippen LogP contribution in [0.2, 0.25) is 0 Å². The van der Waals surface area contributed by atoms with Gasteiger partial charge in [0.15, 0.2) is 6.29 Å². The molecule has 84 valence electrons. The number of aldehydes is 1. The molecule has 0 aliphatic heterocycles. The fraction of sp³-hybridized carbons (Fsp3) is 0. The maximum atomic E-state index is 10.9. The van der Waals surface area contributed by atoms with Crippen LogP contribution in [0.1, 0.15) is 20.7 Å². The van der Waals surface area contributed by atoms with Gasteiger partial charge in [0.25, 0.3) is 0 Å². The van der Waals surface area contributed by atoms with Gasteiger partial charge in [-0.1, -0.05) is 36.4 Å². The van der Waals surface area contributed by atoms with E-state index in [9.17, 15) is 9.59 Å². The van der Waals surface area contributed by atoms with Crippen LogP contribution in [0.5, 0.6) is 0 Å². The highest BCUT2D eigenvalue weighted by Crippen LogP contribution is 2.23. The number of hydrogen-bond donors (Lipinski definition) is 1. The van der Waals surface area contributed by atoms with E-state index in [1.165, 1.54) is 6.07 Å². The normalized spacial score (nSPS) is 9.88. The van der Waals surface area contributed by atoms with Gasteiger partial charge >= 0.3 is 5.97 Å². The Morgan fingerprint density at radius 3 is 2.53 bits per heavy atom. The van der Waals surface area contributed by atoms with Gasteiger partial charge < -0.3 is 5.11 Å². The summed E-state index contributed by atoms with van der Waals surface area (Å²) in [5.74, 6) is -0.976. The number of aromatic carboxylic acids is 1. The molecule has 0 unspecified atom stereocenters. The minimum absolute atomic E-state index is 0.211. The van der Waals surface area contributed by atoms with Crippen molar-refractivity contribution in [2.75, 3.05) is 0 Å². The van der Waals surface area contributed by atoms with E-state index >= 15 is 0 Å². The summed E-state index contributed by atoms with van der Waals surface area (Å²) in [6, 6.07) is 13.6. The van der Waals surface area contributed by atoms with Gasteiger partial charge in [0.2, 0.25) is 0 Å². The van der Waals surface area contributed by atoms with Crippen LogP contribution in [-0.2, 0) is 0 Å². The number of hydrogen-bond acceptors (Lipinski definition) is 2. The number of carbonyl (C=O) groups excluding carboxylic acids is 1. The lowest BCUT2D eigenvalue weighted by Crippen LogP contribution is -1.96. The van der Waals surface area contributed by atoms with E-state index < -0.39 is 5.97 Å². The number of carboxylic acid groups (broad SMARTS) is 1. The van der Waals surface area contributed by atoms with Crippen LogP contribution in [-0.4, -0.2) is 17.4 Å². The molecular weight excluding hydrogens is 216 g/mol. The third-order valence-corrected chi connectivity index (χ3v) is 2.51. The largest absolute Gasteiger partial charge is 0.478 e. The van der Waals surface area contributed by atoms with E-state index in [0.29, 0.717) is 5.56 Å². The molecule has 17 heavy (non-hydrogen) atoms. The van der Waals surface area contributed by atoms with Gasteiger partial charge in [-0.15, -0.1) is 0 Å². The van der Waals surface area contributed by atoms with Gasteiger partial charge in [-0.2, -0.15) is 0 Å². The summed E-state index contributed by atoms with van der Waals surface area (Å²) in [7, 11) is 0. The molecule has 2 aromatic rings. The summed E-state index contributed by atoms with van der Waals surface area (Å²) >= 11 is 0. The number of rotatable bonds is 3. The SMILES string of the molecule is O=Cc1ccccc1-c1cccc(C(=O)O)c1. The minimum Gasteiger partial charge on any atom is -0.478 e. The second kappa shape index (κ2) is 4.61. The van der Waals surface area contributed by atoms with Crippen molar-refractivity contribution in [1.29, 1.82) is 0 Å². The molecule has 0 aliphatic rings. The van der Waals surface area contributed by atoms with Crippen molar-refractivity contribution in [1.82, 2.24) is 0 Å². The van der Waals surface area contributed by atoms with Gasteiger partial charge in [-0.25, -0.2) is 4.79 Å². The Morgan fingerprint density at radius 2 is 1.82 bits per heavy atom. The molecule has 0 aliphatic carbocycles. The maximum Gasteiger partial charge on any atom is 0.335 e. The first-order valence-electron chi connectivity index (χ1n) is 5.10. The van der Waals surface area contributed by atoms with E-state index in [1.807, 2.05) is 6.07 Å². The molecule has 0 bridgehead atoms. The first kappa shape index (κ1) is 11.1. The lowest BCUT2D eigenvalue weighted by molar-refractivity contribution is 0.0697. The number of carbonyl (C=O) groups is 2. The lowest BCUT2D eigenvalue weighted by Gasteiger charge is -2.05. The van der Waals surface area contributed by atoms with Crippen molar-refractivity contribution < 1.29 is 14.7 Å². The van der Waals surface area contributed by atoms with Crippen LogP contribution in [0.15, 0.2) is 48.5 Å². The smallest absolute Gasteiger partial charge is 0.335 e. The summed E-state index contributed by atoms with van der Waals surface area (Å²) in [5.41, 5.74) is 2.23. The van der Waals surface area contributed by atoms with E-state index in [0.717, 1.165) is 17.4 Å². The zero-order chi connectivity index (χ0) is 12.3. The highest BCUT2D eigenvalue weighted by molar-refractivity contribution is 5.92. The summed E-state index contributed by atoms with van der Waals surface area (Å²) < 4.78 is 0. The van der Waals surface area contributed by atoms with E-state index in [-0.39, 0.29) is 5.56 Å². The first-order valence-corrected chi connectivity index (χ1v) is 5.10. The zero-order valence-electron chi connectivity index (χ0n) is 8.96. The molecule has 0 spiro atoms. The van der Waals surface area contributed by atoms with Crippen LogP contribution < -0.4 is 0 Å². The maximum absolute atomic E-state index is 10.9. The van der Waals surface area contributed by atoms with Crippen LogP contribution in [0, 0.1) is 0 Å². The average molecular weight is 226 g/mol. The Kier molecular flexibility index (Phi) is 3.01. The second-order valence-electron chi connectivity index (χ2n) is 3.59. The van der Waals surface area contributed by atoms with Gasteiger partial charge in [0, 0.05) is 5.56 Å². The number of carboxylic acids is 1. The van der Waals surface area contributed by atoms with Crippen molar-refractivity contribution in [2.24, 2.45) is 0 Å². The molecule has 0 heterocycles. The van der Waals surface area contributed by atoms with Crippen molar-refractivity contribution >= 4 is 12.3 Å². The number of benzene rings is 2. The van der Waals surface area contributed by atoms with Crippen molar-refractivity contribution in [3.05, 3.63) is 59.7 Å². The molecule has 3 nitrogen and oxygen atoms in total. The minimum atomic E-state index is -0.976. The molecule has 3 heteroatoms. The highest BCUT2D eigenvalue weighted by Gasteiger charge is 2.07. The van der Waals surface area contributed by atoms with Crippen LogP contribution >= 0.6 is 0 Å². The van der Waals surface area contributed by atoms with E-state index in [2.05, 4.69) is 0 Å². The molecule has 2 aromatic carbocycles. The fourth-order valence-electron chi connectivity index (χ4n) is 1.68. The Morgan fingerprint density at radius 1 is 1.06 bits per heavy atom. The van der Waals surface area contributed by atoms with Crippen LogP contribution in [0.4, 0.5) is 0 Å². The molecule has 1 N–H and O–H groups in total. The quantitative estimate of drug-likeness (QED) is 0.819. The molecule has 0 amide bonds. The third-order valence-electron chi connectivity index (χ3n) is 2.51. The topological polar surface area (TPSA) is 54.4 Å². The summed E-state index contributed by atoms with van der Waals surface area (Å²) in [5, 5.41) is 8.91. The predicted octanol–water partition coefficient (Wildman–Crippen LogP) is 2.86. The average Bonchev–Trinajstić information content (AvgIpc) is 2.39.